The van der Waals surface area contributed by atoms with E-state index in [-0.39, 0.29) is 17.2 Å². The molecule has 0 bridgehead atoms. The van der Waals surface area contributed by atoms with Gasteiger partial charge in [-0.05, 0) is 32.3 Å². The average molecular weight is 345 g/mol. The summed E-state index contributed by atoms with van der Waals surface area (Å²) < 4.78 is 0. The van der Waals surface area contributed by atoms with E-state index in [1.165, 1.54) is 4.90 Å². The van der Waals surface area contributed by atoms with Crippen molar-refractivity contribution in [3.05, 3.63) is 52.6 Å². The molecule has 0 spiro atoms. The van der Waals surface area contributed by atoms with E-state index in [0.29, 0.717) is 30.7 Å². The van der Waals surface area contributed by atoms with Gasteiger partial charge in [0.05, 0.1) is 5.38 Å². The maximum absolute atomic E-state index is 12.0. The number of hydrogen-bond donors (Lipinski definition) is 1. The lowest BCUT2D eigenvalue weighted by molar-refractivity contribution is -0.137. The molecule has 1 aromatic rings. The lowest BCUT2D eigenvalue weighted by Crippen LogP contribution is -2.34. The van der Waals surface area contributed by atoms with Crippen LogP contribution in [0.2, 0.25) is 0 Å². The minimum absolute atomic E-state index is 0.0172. The molecule has 0 aromatic heterocycles. The number of rotatable bonds is 5. The first-order chi connectivity index (χ1) is 11.5. The van der Waals surface area contributed by atoms with E-state index < -0.39 is 0 Å². The molecule has 0 saturated heterocycles. The molecule has 1 aliphatic heterocycles. The predicted octanol–water partition coefficient (Wildman–Crippen LogP) is 3.40. The molecule has 0 saturated carbocycles. The number of nitrogens with one attached hydrogen (secondary N) is 1. The number of benzene rings is 1. The summed E-state index contributed by atoms with van der Waals surface area (Å²) in [7, 11) is 0. The number of hydrogen-bond acceptors (Lipinski definition) is 3. The molecule has 2 aliphatic rings. The Morgan fingerprint density at radius 1 is 1.17 bits per heavy atom. The number of nitrogens with zero attached hydrogens (tertiary/aromatic N) is 1. The number of allylic oxidation sites excluding steroid dienone is 1. The largest absolute Gasteiger partial charge is 0.385 e. The smallest absolute Gasteiger partial charge is 0.256 e. The van der Waals surface area contributed by atoms with Gasteiger partial charge in [-0.25, -0.2) is 0 Å². The number of alkyl halides is 1. The van der Waals surface area contributed by atoms with Crippen LogP contribution in [0.25, 0.3) is 5.70 Å². The van der Waals surface area contributed by atoms with Crippen molar-refractivity contribution in [2.24, 2.45) is 0 Å². The summed E-state index contributed by atoms with van der Waals surface area (Å²) in [5, 5.41) is 3.43. The first-order valence-corrected chi connectivity index (χ1v) is 8.65. The normalized spacial score (nSPS) is 20.4. The number of amides is 2. The van der Waals surface area contributed by atoms with E-state index in [1.807, 2.05) is 12.1 Å². The molecule has 1 aromatic carbocycles. The summed E-state index contributed by atoms with van der Waals surface area (Å²) in [4.78, 5) is 25.4. The Morgan fingerprint density at radius 2 is 1.83 bits per heavy atom. The molecule has 24 heavy (non-hydrogen) atoms. The molecule has 2 amide bonds. The minimum Gasteiger partial charge on any atom is -0.385 e. The zero-order valence-electron chi connectivity index (χ0n) is 13.9. The third kappa shape index (κ3) is 2.98. The van der Waals surface area contributed by atoms with Gasteiger partial charge in [0.1, 0.15) is 0 Å². The van der Waals surface area contributed by atoms with Gasteiger partial charge in [-0.2, -0.15) is 0 Å². The summed E-state index contributed by atoms with van der Waals surface area (Å²) in [5.74, 6) is -0.325. The SMILES string of the molecule is CC1=C(C)C(=O)N(CCCNC2=CCC(Cl)c3ccccc32)C1=O. The predicted molar refractivity (Wildman–Crippen MR) is 95.3 cm³/mol. The third-order valence-corrected chi connectivity index (χ3v) is 5.10. The van der Waals surface area contributed by atoms with Gasteiger partial charge in [0.15, 0.2) is 0 Å². The fourth-order valence-corrected chi connectivity index (χ4v) is 3.40. The van der Waals surface area contributed by atoms with Gasteiger partial charge in [-0.15, -0.1) is 11.6 Å². The van der Waals surface area contributed by atoms with Crippen LogP contribution in [0, 0.1) is 0 Å². The van der Waals surface area contributed by atoms with Crippen LogP contribution >= 0.6 is 11.6 Å². The monoisotopic (exact) mass is 344 g/mol. The summed E-state index contributed by atoms with van der Waals surface area (Å²) in [6.45, 7) is 4.55. The Kier molecular flexibility index (Phi) is 4.76. The van der Waals surface area contributed by atoms with Crippen molar-refractivity contribution in [1.29, 1.82) is 0 Å². The maximum Gasteiger partial charge on any atom is 0.256 e. The van der Waals surface area contributed by atoms with E-state index >= 15 is 0 Å². The van der Waals surface area contributed by atoms with Crippen LogP contribution in [0.15, 0.2) is 41.5 Å². The van der Waals surface area contributed by atoms with Crippen LogP contribution in [0.4, 0.5) is 0 Å². The molecule has 1 heterocycles. The van der Waals surface area contributed by atoms with E-state index in [9.17, 15) is 9.59 Å². The number of carbonyl (C=O) groups excluding carboxylic acids is 2. The molecule has 0 radical (unpaired) electrons. The van der Waals surface area contributed by atoms with Gasteiger partial charge in [0, 0.05) is 35.5 Å². The molecule has 5 heteroatoms. The fraction of sp³-hybridized carbons (Fsp3) is 0.368. The summed E-state index contributed by atoms with van der Waals surface area (Å²) in [6.07, 6.45) is 3.62. The van der Waals surface area contributed by atoms with Crippen molar-refractivity contribution in [2.45, 2.75) is 32.1 Å². The second kappa shape index (κ2) is 6.81. The van der Waals surface area contributed by atoms with Gasteiger partial charge < -0.3 is 5.32 Å². The van der Waals surface area contributed by atoms with Gasteiger partial charge in [0.25, 0.3) is 11.8 Å². The lowest BCUT2D eigenvalue weighted by Gasteiger charge is -2.23. The third-order valence-electron chi connectivity index (χ3n) is 4.69. The van der Waals surface area contributed by atoms with Gasteiger partial charge in [-0.1, -0.05) is 30.3 Å². The van der Waals surface area contributed by atoms with Crippen LogP contribution in [0.5, 0.6) is 0 Å². The van der Waals surface area contributed by atoms with E-state index in [0.717, 1.165) is 23.2 Å². The highest BCUT2D eigenvalue weighted by molar-refractivity contribution is 6.21. The van der Waals surface area contributed by atoms with Crippen molar-refractivity contribution >= 4 is 29.1 Å². The molecule has 1 unspecified atom stereocenters. The minimum atomic E-state index is -0.162. The molecular weight excluding hydrogens is 324 g/mol. The second-order valence-electron chi connectivity index (χ2n) is 6.20. The Balaban J connectivity index is 1.55. The van der Waals surface area contributed by atoms with Crippen LogP contribution in [-0.4, -0.2) is 29.8 Å². The molecule has 3 rings (SSSR count). The molecule has 1 N–H and O–H groups in total. The Morgan fingerprint density at radius 3 is 2.54 bits per heavy atom. The Labute approximate surface area is 147 Å². The van der Waals surface area contributed by atoms with E-state index in [2.05, 4.69) is 23.5 Å². The highest BCUT2D eigenvalue weighted by Gasteiger charge is 2.32. The molecule has 126 valence electrons. The highest BCUT2D eigenvalue weighted by Crippen LogP contribution is 2.35. The van der Waals surface area contributed by atoms with Crippen molar-refractivity contribution in [1.82, 2.24) is 10.2 Å². The Bertz CT molecular complexity index is 727. The number of halogens is 1. The summed E-state index contributed by atoms with van der Waals surface area (Å²) in [6, 6.07) is 8.12. The van der Waals surface area contributed by atoms with Gasteiger partial charge in [-0.3, -0.25) is 14.5 Å². The number of imide groups is 1. The van der Waals surface area contributed by atoms with Crippen molar-refractivity contribution < 1.29 is 9.59 Å². The van der Waals surface area contributed by atoms with Crippen molar-refractivity contribution in [2.75, 3.05) is 13.1 Å². The molecule has 0 fully saturated rings. The second-order valence-corrected chi connectivity index (χ2v) is 6.73. The lowest BCUT2D eigenvalue weighted by atomic mass is 9.94. The molecular formula is C19H21ClN2O2. The molecule has 1 aliphatic carbocycles. The molecule has 1 atom stereocenters. The van der Waals surface area contributed by atoms with E-state index in [1.54, 1.807) is 13.8 Å². The van der Waals surface area contributed by atoms with Crippen LogP contribution < -0.4 is 5.32 Å². The first kappa shape index (κ1) is 16.8. The standard InChI is InChI=1S/C19H21ClN2O2/c1-12-13(2)19(24)22(18(12)23)11-5-10-21-17-9-8-16(20)14-6-3-4-7-15(14)17/h3-4,6-7,9,16,21H,5,8,10-11H2,1-2H3. The summed E-state index contributed by atoms with van der Waals surface area (Å²) >= 11 is 6.36. The quantitative estimate of drug-likeness (QED) is 0.506. The number of fused-ring (bicyclic) bond motifs is 1. The summed E-state index contributed by atoms with van der Waals surface area (Å²) in [5.41, 5.74) is 4.47. The van der Waals surface area contributed by atoms with Crippen LogP contribution in [0.1, 0.15) is 43.2 Å². The van der Waals surface area contributed by atoms with Crippen LogP contribution in [-0.2, 0) is 9.59 Å². The average Bonchev–Trinajstić information content (AvgIpc) is 2.78. The Hall–Kier alpha value is -2.07. The van der Waals surface area contributed by atoms with E-state index in [4.69, 9.17) is 11.6 Å². The number of carbonyl (C=O) groups is 2. The highest BCUT2D eigenvalue weighted by atomic mass is 35.5. The fourth-order valence-electron chi connectivity index (χ4n) is 3.12. The van der Waals surface area contributed by atoms with Crippen molar-refractivity contribution in [3.63, 3.8) is 0 Å². The zero-order chi connectivity index (χ0) is 17.3. The molecule has 4 nitrogen and oxygen atoms in total. The van der Waals surface area contributed by atoms with Crippen molar-refractivity contribution in [3.8, 4) is 0 Å². The zero-order valence-corrected chi connectivity index (χ0v) is 14.7. The topological polar surface area (TPSA) is 49.4 Å². The maximum atomic E-state index is 12.0. The van der Waals surface area contributed by atoms with Gasteiger partial charge in [0.2, 0.25) is 0 Å². The van der Waals surface area contributed by atoms with Crippen LogP contribution in [0.3, 0.4) is 0 Å². The first-order valence-electron chi connectivity index (χ1n) is 8.21. The van der Waals surface area contributed by atoms with Gasteiger partial charge >= 0.3 is 0 Å².